The fourth-order valence-corrected chi connectivity index (χ4v) is 2.74. The molecule has 0 heterocycles. The molecule has 3 N–H and O–H groups in total. The van der Waals surface area contributed by atoms with Gasteiger partial charge in [-0.1, -0.05) is 50.6 Å². The number of halogens is 1. The molecule has 0 aliphatic rings. The summed E-state index contributed by atoms with van der Waals surface area (Å²) in [6.45, 7) is 7.93. The summed E-state index contributed by atoms with van der Waals surface area (Å²) >= 11 is 0. The van der Waals surface area contributed by atoms with Crippen molar-refractivity contribution >= 4 is 6.08 Å². The maximum absolute atomic E-state index is 13.4. The maximum Gasteiger partial charge on any atom is 0.165 e. The lowest BCUT2D eigenvalue weighted by atomic mass is 9.93. The van der Waals surface area contributed by atoms with Crippen LogP contribution in [0.2, 0.25) is 0 Å². The lowest BCUT2D eigenvalue weighted by Gasteiger charge is -2.18. The van der Waals surface area contributed by atoms with Crippen molar-refractivity contribution in [3.63, 3.8) is 0 Å². The predicted molar refractivity (Wildman–Crippen MR) is 101 cm³/mol. The molecule has 0 amide bonds. The molecule has 138 valence electrons. The molecule has 1 unspecified atom stereocenters. The van der Waals surface area contributed by atoms with Crippen molar-refractivity contribution in [2.75, 3.05) is 6.61 Å². The molecular weight excluding hydrogens is 319 g/mol. The highest BCUT2D eigenvalue weighted by molar-refractivity contribution is 5.54. The van der Waals surface area contributed by atoms with Gasteiger partial charge >= 0.3 is 0 Å². The number of aromatic hydroxyl groups is 1. The third-order valence-electron chi connectivity index (χ3n) is 4.17. The first-order chi connectivity index (χ1) is 11.9. The van der Waals surface area contributed by atoms with Crippen molar-refractivity contribution in [3.8, 4) is 5.75 Å². The van der Waals surface area contributed by atoms with Crippen LogP contribution in [0.4, 0.5) is 4.39 Å². The Bertz CT molecular complexity index is 632. The van der Waals surface area contributed by atoms with Crippen molar-refractivity contribution in [1.29, 1.82) is 0 Å². The topological polar surface area (TPSA) is 60.7 Å². The Balaban J connectivity index is 2.80. The lowest BCUT2D eigenvalue weighted by molar-refractivity contribution is 0.200. The summed E-state index contributed by atoms with van der Waals surface area (Å²) in [5, 5.41) is 28.9. The first kappa shape index (κ1) is 21.1. The zero-order valence-corrected chi connectivity index (χ0v) is 15.1. The van der Waals surface area contributed by atoms with Crippen molar-refractivity contribution in [1.82, 2.24) is 0 Å². The fraction of sp³-hybridized carbons (Fsp3) is 0.429. The molecule has 1 aromatic rings. The number of benzene rings is 1. The van der Waals surface area contributed by atoms with Gasteiger partial charge in [-0.3, -0.25) is 0 Å². The molecule has 0 fully saturated rings. The Labute approximate surface area is 149 Å². The number of hydrogen-bond donors (Lipinski definition) is 3. The van der Waals surface area contributed by atoms with Crippen LogP contribution in [-0.2, 0) is 0 Å². The van der Waals surface area contributed by atoms with Gasteiger partial charge < -0.3 is 15.3 Å². The molecule has 25 heavy (non-hydrogen) atoms. The van der Waals surface area contributed by atoms with Gasteiger partial charge in [-0.05, 0) is 54.5 Å². The van der Waals surface area contributed by atoms with Crippen molar-refractivity contribution in [2.24, 2.45) is 0 Å². The molecular formula is C21H29FO3. The van der Waals surface area contributed by atoms with E-state index in [1.54, 1.807) is 12.1 Å². The van der Waals surface area contributed by atoms with Crippen LogP contribution in [0.25, 0.3) is 6.08 Å². The highest BCUT2D eigenvalue weighted by atomic mass is 19.1. The van der Waals surface area contributed by atoms with E-state index in [-0.39, 0.29) is 12.4 Å². The summed E-state index contributed by atoms with van der Waals surface area (Å²) in [4.78, 5) is 0. The Morgan fingerprint density at radius 3 is 2.56 bits per heavy atom. The molecule has 0 spiro atoms. The number of allylic oxidation sites excluding steroid dienone is 1. The molecule has 1 rings (SSSR count). The van der Waals surface area contributed by atoms with Gasteiger partial charge in [-0.15, -0.1) is 0 Å². The third kappa shape index (κ3) is 6.85. The Hall–Kier alpha value is -1.91. The molecule has 4 heteroatoms. The molecule has 0 aliphatic carbocycles. The normalized spacial score (nSPS) is 13.8. The molecule has 0 saturated carbocycles. The van der Waals surface area contributed by atoms with Crippen LogP contribution in [0.1, 0.15) is 51.5 Å². The average Bonchev–Trinajstić information content (AvgIpc) is 2.59. The van der Waals surface area contributed by atoms with E-state index in [2.05, 4.69) is 6.58 Å². The third-order valence-corrected chi connectivity index (χ3v) is 4.17. The lowest BCUT2D eigenvalue weighted by Crippen LogP contribution is -2.13. The van der Waals surface area contributed by atoms with Crippen LogP contribution in [0, 0.1) is 5.82 Å². The Morgan fingerprint density at radius 2 is 2.00 bits per heavy atom. The molecule has 3 nitrogen and oxygen atoms in total. The second kappa shape index (κ2) is 10.9. The van der Waals surface area contributed by atoms with E-state index in [1.807, 2.05) is 19.9 Å². The summed E-state index contributed by atoms with van der Waals surface area (Å²) in [6, 6.07) is 4.28. The number of aliphatic hydroxyl groups excluding tert-OH is 2. The van der Waals surface area contributed by atoms with Gasteiger partial charge in [0.15, 0.2) is 11.6 Å². The van der Waals surface area contributed by atoms with E-state index in [1.165, 1.54) is 12.1 Å². The average molecular weight is 348 g/mol. The summed E-state index contributed by atoms with van der Waals surface area (Å²) in [7, 11) is 0. The van der Waals surface area contributed by atoms with E-state index >= 15 is 0 Å². The minimum Gasteiger partial charge on any atom is -0.505 e. The van der Waals surface area contributed by atoms with Crippen LogP contribution < -0.4 is 0 Å². The van der Waals surface area contributed by atoms with Crippen LogP contribution in [-0.4, -0.2) is 28.0 Å². The molecule has 1 aromatic carbocycles. The zero-order chi connectivity index (χ0) is 18.8. The standard InChI is InChI=1S/C21H29FO3/c1-4-6-15(3)18(11-12-23)20(24)9-7-16(5-2)13-17-8-10-21(25)19(22)14-17/h8,10-11,13-14,20,23-25H,3-7,9,12H2,1-2H3/b16-13+,18-11-. The summed E-state index contributed by atoms with van der Waals surface area (Å²) in [5.74, 6) is -1.01. The molecule has 0 radical (unpaired) electrons. The van der Waals surface area contributed by atoms with Crippen molar-refractivity contribution < 1.29 is 19.7 Å². The summed E-state index contributed by atoms with van der Waals surface area (Å²) < 4.78 is 13.4. The minimum absolute atomic E-state index is 0.127. The van der Waals surface area contributed by atoms with E-state index < -0.39 is 11.9 Å². The molecule has 0 aromatic heterocycles. The van der Waals surface area contributed by atoms with E-state index in [4.69, 9.17) is 0 Å². The van der Waals surface area contributed by atoms with Gasteiger partial charge in [0.05, 0.1) is 12.7 Å². The zero-order valence-electron chi connectivity index (χ0n) is 15.1. The van der Waals surface area contributed by atoms with Crippen LogP contribution in [0.3, 0.4) is 0 Å². The van der Waals surface area contributed by atoms with Crippen molar-refractivity contribution in [3.05, 3.63) is 59.0 Å². The molecule has 0 bridgehead atoms. The van der Waals surface area contributed by atoms with Crippen LogP contribution in [0.15, 0.2) is 47.6 Å². The monoisotopic (exact) mass is 348 g/mol. The molecule has 0 saturated heterocycles. The summed E-state index contributed by atoms with van der Waals surface area (Å²) in [5.41, 5.74) is 3.32. The Kier molecular flexibility index (Phi) is 9.17. The van der Waals surface area contributed by atoms with Gasteiger partial charge in [-0.2, -0.15) is 0 Å². The van der Waals surface area contributed by atoms with Gasteiger partial charge in [0.25, 0.3) is 0 Å². The summed E-state index contributed by atoms with van der Waals surface area (Å²) in [6.07, 6.45) is 6.48. The maximum atomic E-state index is 13.4. The number of rotatable bonds is 10. The molecule has 1 atom stereocenters. The second-order valence-corrected chi connectivity index (χ2v) is 6.12. The number of aliphatic hydroxyl groups is 2. The first-order valence-corrected chi connectivity index (χ1v) is 8.77. The van der Waals surface area contributed by atoms with E-state index in [9.17, 15) is 19.7 Å². The first-order valence-electron chi connectivity index (χ1n) is 8.77. The smallest absolute Gasteiger partial charge is 0.165 e. The minimum atomic E-state index is -0.683. The molecule has 0 aliphatic heterocycles. The quantitative estimate of drug-likeness (QED) is 0.535. The highest BCUT2D eigenvalue weighted by Gasteiger charge is 2.14. The Morgan fingerprint density at radius 1 is 1.28 bits per heavy atom. The van der Waals surface area contributed by atoms with Crippen molar-refractivity contribution in [2.45, 2.75) is 52.1 Å². The SMILES string of the molecule is C=C(CCC)/C(=C/CO)C(O)CC/C(=C/c1ccc(O)c(F)c1)CC. The number of phenols is 1. The van der Waals surface area contributed by atoms with Gasteiger partial charge in [0.2, 0.25) is 0 Å². The van der Waals surface area contributed by atoms with Crippen LogP contribution >= 0.6 is 0 Å². The van der Waals surface area contributed by atoms with Gasteiger partial charge in [0.1, 0.15) is 0 Å². The van der Waals surface area contributed by atoms with E-state index in [0.717, 1.165) is 30.4 Å². The van der Waals surface area contributed by atoms with Gasteiger partial charge in [-0.25, -0.2) is 4.39 Å². The van der Waals surface area contributed by atoms with E-state index in [0.29, 0.717) is 24.0 Å². The highest BCUT2D eigenvalue weighted by Crippen LogP contribution is 2.24. The largest absolute Gasteiger partial charge is 0.505 e. The van der Waals surface area contributed by atoms with Gasteiger partial charge in [0, 0.05) is 0 Å². The fourth-order valence-electron chi connectivity index (χ4n) is 2.74. The number of hydrogen-bond acceptors (Lipinski definition) is 3. The predicted octanol–water partition coefficient (Wildman–Crippen LogP) is 4.74. The second-order valence-electron chi connectivity index (χ2n) is 6.12. The number of phenolic OH excluding ortho intramolecular Hbond substituents is 1. The van der Waals surface area contributed by atoms with Crippen LogP contribution in [0.5, 0.6) is 5.75 Å².